The van der Waals surface area contributed by atoms with Crippen molar-refractivity contribution in [3.63, 3.8) is 0 Å². The molecule has 4 rings (SSSR count). The smallest absolute Gasteiger partial charge is 0.282 e. The Hall–Kier alpha value is -3.84. The quantitative estimate of drug-likeness (QED) is 0.186. The number of benzene rings is 3. The van der Waals surface area contributed by atoms with Gasteiger partial charge < -0.3 is 14.2 Å². The van der Waals surface area contributed by atoms with E-state index < -0.39 is 0 Å². The molecule has 0 unspecified atom stereocenters. The number of aromatic nitrogens is 2. The summed E-state index contributed by atoms with van der Waals surface area (Å²) in [4.78, 5) is 18.7. The van der Waals surface area contributed by atoms with Crippen LogP contribution in [-0.2, 0) is 0 Å². The summed E-state index contributed by atoms with van der Waals surface area (Å²) in [7, 11) is 0. The molecular formula is C32H36ClN3O4. The molecule has 0 spiro atoms. The standard InChI is InChI=1S/C32H36ClN3O4/c1-8-38-28-14-21(7)25(17-24(28)19(3)4)31-35-27-13-11-10-12-23(27)32(37)36(31)34-18-22-15-26(33)30(40-20(5)6)29(16-22)39-9-2/h10-20H,8-9H2,1-7H3. The van der Waals surface area contributed by atoms with Crippen molar-refractivity contribution in [3.05, 3.63) is 80.6 Å². The number of halogens is 1. The summed E-state index contributed by atoms with van der Waals surface area (Å²) < 4.78 is 19.0. The third-order valence-electron chi connectivity index (χ3n) is 6.28. The Kier molecular flexibility index (Phi) is 9.15. The highest BCUT2D eigenvalue weighted by Crippen LogP contribution is 2.37. The molecular weight excluding hydrogens is 526 g/mol. The first kappa shape index (κ1) is 29.2. The zero-order valence-electron chi connectivity index (χ0n) is 24.1. The molecule has 0 N–H and O–H groups in total. The summed E-state index contributed by atoms with van der Waals surface area (Å²) in [6, 6.07) is 14.9. The van der Waals surface area contributed by atoms with Crippen LogP contribution in [0.15, 0.2) is 58.4 Å². The molecule has 3 aromatic carbocycles. The molecule has 1 aromatic heterocycles. The molecule has 0 amide bonds. The maximum atomic E-state index is 13.8. The van der Waals surface area contributed by atoms with E-state index >= 15 is 0 Å². The maximum Gasteiger partial charge on any atom is 0.282 e. The minimum atomic E-state index is -0.271. The van der Waals surface area contributed by atoms with Crippen molar-refractivity contribution in [1.29, 1.82) is 0 Å². The highest BCUT2D eigenvalue weighted by atomic mass is 35.5. The van der Waals surface area contributed by atoms with Gasteiger partial charge >= 0.3 is 0 Å². The highest BCUT2D eigenvalue weighted by molar-refractivity contribution is 6.32. The Labute approximate surface area is 240 Å². The normalized spacial score (nSPS) is 11.7. The van der Waals surface area contributed by atoms with E-state index in [4.69, 9.17) is 30.8 Å². The second kappa shape index (κ2) is 12.6. The lowest BCUT2D eigenvalue weighted by Gasteiger charge is -2.18. The van der Waals surface area contributed by atoms with Crippen molar-refractivity contribution < 1.29 is 14.2 Å². The summed E-state index contributed by atoms with van der Waals surface area (Å²) in [6.07, 6.45) is 1.51. The van der Waals surface area contributed by atoms with Crippen LogP contribution in [0.3, 0.4) is 0 Å². The molecule has 0 atom stereocenters. The third-order valence-corrected chi connectivity index (χ3v) is 6.56. The first-order valence-electron chi connectivity index (χ1n) is 13.6. The van der Waals surface area contributed by atoms with Crippen LogP contribution >= 0.6 is 11.6 Å². The van der Waals surface area contributed by atoms with Gasteiger partial charge in [-0.2, -0.15) is 9.78 Å². The molecule has 0 aliphatic rings. The fourth-order valence-corrected chi connectivity index (χ4v) is 4.74. The number of para-hydroxylation sites is 1. The van der Waals surface area contributed by atoms with Gasteiger partial charge in [-0.3, -0.25) is 4.79 Å². The van der Waals surface area contributed by atoms with Crippen molar-refractivity contribution in [3.8, 4) is 28.6 Å². The predicted molar refractivity (Wildman–Crippen MR) is 163 cm³/mol. The van der Waals surface area contributed by atoms with Gasteiger partial charge in [-0.05, 0) is 93.6 Å². The molecule has 0 saturated heterocycles. The SMILES string of the molecule is CCOc1cc(C)c(-c2nc3ccccc3c(=O)n2N=Cc2cc(Cl)c(OC(C)C)c(OCC)c2)cc1C(C)C. The summed E-state index contributed by atoms with van der Waals surface area (Å²) in [5.41, 5.74) is 3.75. The molecule has 7 nitrogen and oxygen atoms in total. The topological polar surface area (TPSA) is 74.9 Å². The van der Waals surface area contributed by atoms with E-state index in [9.17, 15) is 4.79 Å². The summed E-state index contributed by atoms with van der Waals surface area (Å²) in [5.74, 6) is 2.47. The van der Waals surface area contributed by atoms with Crippen LogP contribution in [0.5, 0.6) is 17.2 Å². The molecule has 8 heteroatoms. The number of hydrogen-bond acceptors (Lipinski definition) is 6. The molecule has 1 heterocycles. The van der Waals surface area contributed by atoms with E-state index in [2.05, 4.69) is 25.0 Å². The van der Waals surface area contributed by atoms with E-state index in [1.807, 2.05) is 58.9 Å². The summed E-state index contributed by atoms with van der Waals surface area (Å²) >= 11 is 6.58. The number of nitrogens with zero attached hydrogens (tertiary/aromatic N) is 3. The summed E-state index contributed by atoms with van der Waals surface area (Å²) in [6.45, 7) is 14.9. The molecule has 0 radical (unpaired) electrons. The lowest BCUT2D eigenvalue weighted by atomic mass is 9.96. The van der Waals surface area contributed by atoms with Gasteiger partial charge in [-0.1, -0.05) is 37.6 Å². The fourth-order valence-electron chi connectivity index (χ4n) is 4.48. The van der Waals surface area contributed by atoms with Crippen molar-refractivity contribution in [2.24, 2.45) is 5.10 Å². The van der Waals surface area contributed by atoms with Crippen LogP contribution in [0.4, 0.5) is 0 Å². The van der Waals surface area contributed by atoms with Gasteiger partial charge in [0.2, 0.25) is 0 Å². The van der Waals surface area contributed by atoms with Crippen LogP contribution in [0, 0.1) is 6.92 Å². The molecule has 0 aliphatic carbocycles. The van der Waals surface area contributed by atoms with Crippen LogP contribution in [-0.4, -0.2) is 35.2 Å². The molecule has 40 heavy (non-hydrogen) atoms. The second-order valence-corrected chi connectivity index (χ2v) is 10.4. The monoisotopic (exact) mass is 561 g/mol. The van der Waals surface area contributed by atoms with Crippen LogP contribution in [0.25, 0.3) is 22.3 Å². The number of aryl methyl sites for hydroxylation is 1. The molecule has 210 valence electrons. The van der Waals surface area contributed by atoms with Gasteiger partial charge in [-0.25, -0.2) is 4.98 Å². The van der Waals surface area contributed by atoms with Crippen molar-refractivity contribution >= 4 is 28.7 Å². The van der Waals surface area contributed by atoms with Gasteiger partial charge in [0.15, 0.2) is 17.3 Å². The van der Waals surface area contributed by atoms with Gasteiger partial charge in [0.1, 0.15) is 5.75 Å². The summed E-state index contributed by atoms with van der Waals surface area (Å²) in [5, 5.41) is 5.51. The van der Waals surface area contributed by atoms with E-state index in [1.165, 1.54) is 4.68 Å². The van der Waals surface area contributed by atoms with E-state index in [-0.39, 0.29) is 17.6 Å². The van der Waals surface area contributed by atoms with E-state index in [0.29, 0.717) is 52.0 Å². The lowest BCUT2D eigenvalue weighted by molar-refractivity contribution is 0.224. The molecule has 0 fully saturated rings. The first-order valence-corrected chi connectivity index (χ1v) is 14.0. The average molecular weight is 562 g/mol. The van der Waals surface area contributed by atoms with E-state index in [0.717, 1.165) is 22.4 Å². The number of hydrogen-bond donors (Lipinski definition) is 0. The maximum absolute atomic E-state index is 13.8. The van der Waals surface area contributed by atoms with Gasteiger partial charge in [0.05, 0.1) is 41.5 Å². The third kappa shape index (κ3) is 6.15. The molecule has 0 aliphatic heterocycles. The van der Waals surface area contributed by atoms with Crippen LogP contribution in [0.2, 0.25) is 5.02 Å². The Bertz CT molecular complexity index is 1610. The molecule has 0 saturated carbocycles. The van der Waals surface area contributed by atoms with Crippen molar-refractivity contribution in [2.75, 3.05) is 13.2 Å². The fraction of sp³-hybridized carbons (Fsp3) is 0.344. The highest BCUT2D eigenvalue weighted by Gasteiger charge is 2.19. The Balaban J connectivity index is 1.92. The largest absolute Gasteiger partial charge is 0.494 e. The minimum Gasteiger partial charge on any atom is -0.494 e. The minimum absolute atomic E-state index is 0.0749. The Morgan fingerprint density at radius 1 is 1.00 bits per heavy atom. The van der Waals surface area contributed by atoms with Crippen LogP contribution in [0.1, 0.15) is 64.2 Å². The van der Waals surface area contributed by atoms with Crippen LogP contribution < -0.4 is 19.8 Å². The van der Waals surface area contributed by atoms with Crippen molar-refractivity contribution in [1.82, 2.24) is 9.66 Å². The molecule has 4 aromatic rings. The average Bonchev–Trinajstić information content (AvgIpc) is 2.90. The van der Waals surface area contributed by atoms with Gasteiger partial charge in [0.25, 0.3) is 5.56 Å². The predicted octanol–water partition coefficient (Wildman–Crippen LogP) is 7.62. The first-order chi connectivity index (χ1) is 19.1. The number of ether oxygens (including phenoxy) is 3. The van der Waals surface area contributed by atoms with E-state index in [1.54, 1.807) is 24.4 Å². The Morgan fingerprint density at radius 2 is 1.70 bits per heavy atom. The number of rotatable bonds is 10. The Morgan fingerprint density at radius 3 is 2.38 bits per heavy atom. The zero-order valence-corrected chi connectivity index (χ0v) is 24.9. The lowest BCUT2D eigenvalue weighted by Crippen LogP contribution is -2.21. The van der Waals surface area contributed by atoms with Gasteiger partial charge in [-0.15, -0.1) is 0 Å². The number of fused-ring (bicyclic) bond motifs is 1. The van der Waals surface area contributed by atoms with Gasteiger partial charge in [0, 0.05) is 5.56 Å². The van der Waals surface area contributed by atoms with Crippen molar-refractivity contribution in [2.45, 2.75) is 60.5 Å². The molecule has 0 bridgehead atoms. The zero-order chi connectivity index (χ0) is 29.0. The second-order valence-electron chi connectivity index (χ2n) is 10.0.